The largest absolute Gasteiger partial charge is 0.394 e. The van der Waals surface area contributed by atoms with Crippen molar-refractivity contribution in [2.45, 2.75) is 128 Å². The van der Waals surface area contributed by atoms with Crippen molar-refractivity contribution < 1.29 is 34.3 Å². The molecule has 0 amide bonds. The summed E-state index contributed by atoms with van der Waals surface area (Å²) in [6.07, 6.45) is 4.61. The van der Waals surface area contributed by atoms with Gasteiger partial charge < -0.3 is 29.5 Å². The predicted octanol–water partition coefficient (Wildman–Crippen LogP) is 5.60. The maximum absolute atomic E-state index is 14.8. The zero-order chi connectivity index (χ0) is 34.5. The van der Waals surface area contributed by atoms with Crippen molar-refractivity contribution in [2.75, 3.05) is 19.8 Å². The Hall–Kier alpha value is -2.05. The lowest BCUT2D eigenvalue weighted by atomic mass is 9.42. The van der Waals surface area contributed by atoms with Crippen LogP contribution < -0.4 is 0 Å². The molecule has 4 fully saturated rings. The number of allylic oxidation sites excluding steroid dienone is 1. The van der Waals surface area contributed by atoms with Crippen LogP contribution in [-0.2, 0) is 19.0 Å². The molecule has 1 aromatic rings. The van der Waals surface area contributed by atoms with E-state index in [1.807, 2.05) is 32.0 Å². The topological polar surface area (TPSA) is 105 Å². The van der Waals surface area contributed by atoms with Crippen molar-refractivity contribution in [1.29, 1.82) is 0 Å². The highest BCUT2D eigenvalue weighted by Gasteiger charge is 2.75. The summed E-state index contributed by atoms with van der Waals surface area (Å²) in [5, 5.41) is 34.7. The molecule has 5 aliphatic carbocycles. The highest BCUT2D eigenvalue weighted by atomic mass is 16.5. The van der Waals surface area contributed by atoms with Gasteiger partial charge in [-0.15, -0.1) is 0 Å². The van der Waals surface area contributed by atoms with E-state index in [0.29, 0.717) is 18.8 Å². The van der Waals surface area contributed by atoms with Gasteiger partial charge in [-0.25, -0.2) is 0 Å². The number of aliphatic hydroxyl groups is 3. The standard InChI is InChI=1S/C42H56O7/c1-24-25(2)37(49-33(24)22-43)38(45)41(5,46)34-20-28-13-14-30-35-31-16-18-40(34,4)42(28,35)48-19-9-12-27(26-10-7-6-8-11-26)23-47-29-15-17-39(31,3)32(21-29)36(30)44/h6-8,10-11,24-25,27-29,31-34,37-38,43,45-46H,13-23H2,1-5H3. The zero-order valence-electron chi connectivity index (χ0n) is 30.0. The molecule has 0 radical (unpaired) electrons. The van der Waals surface area contributed by atoms with E-state index in [9.17, 15) is 20.1 Å². The van der Waals surface area contributed by atoms with Gasteiger partial charge in [0.1, 0.15) is 12.7 Å². The second-order valence-electron chi connectivity index (χ2n) is 17.6. The van der Waals surface area contributed by atoms with Crippen molar-refractivity contribution in [3.05, 3.63) is 47.0 Å². The lowest BCUT2D eigenvalue weighted by molar-refractivity contribution is -0.209. The van der Waals surface area contributed by atoms with Gasteiger partial charge in [0.2, 0.25) is 0 Å². The molecule has 3 N–H and O–H groups in total. The summed E-state index contributed by atoms with van der Waals surface area (Å²) < 4.78 is 20.2. The van der Waals surface area contributed by atoms with Crippen molar-refractivity contribution >= 4 is 5.78 Å². The Labute approximate surface area is 292 Å². The molecular weight excluding hydrogens is 616 g/mol. The van der Waals surface area contributed by atoms with E-state index in [0.717, 1.165) is 56.1 Å². The molecule has 9 aliphatic rings. The maximum Gasteiger partial charge on any atom is 0.162 e. The van der Waals surface area contributed by atoms with Gasteiger partial charge in [-0.05, 0) is 110 Å². The van der Waals surface area contributed by atoms with Crippen molar-refractivity contribution in [3.8, 4) is 11.8 Å². The molecule has 15 unspecified atom stereocenters. The van der Waals surface area contributed by atoms with Crippen LogP contribution in [0.4, 0.5) is 0 Å². The van der Waals surface area contributed by atoms with Crippen molar-refractivity contribution in [1.82, 2.24) is 0 Å². The fourth-order valence-corrected chi connectivity index (χ4v) is 12.7. The lowest BCUT2D eigenvalue weighted by Gasteiger charge is -2.64. The van der Waals surface area contributed by atoms with E-state index in [4.69, 9.17) is 14.2 Å². The van der Waals surface area contributed by atoms with Gasteiger partial charge in [0, 0.05) is 11.3 Å². The van der Waals surface area contributed by atoms with Gasteiger partial charge in [0.15, 0.2) is 5.78 Å². The predicted molar refractivity (Wildman–Crippen MR) is 185 cm³/mol. The summed E-state index contributed by atoms with van der Waals surface area (Å²) in [6.45, 7) is 11.1. The Morgan fingerprint density at radius 2 is 1.82 bits per heavy atom. The van der Waals surface area contributed by atoms with Gasteiger partial charge >= 0.3 is 0 Å². The first-order chi connectivity index (χ1) is 23.4. The SMILES string of the molecule is CC1C(CO)OC(C(O)C(C)(O)C2CC3CCC4=C5C6CCC2(C)C53OCC#CC(c2ccccc2)COC2CCC6(C)C(C2)C4=O)C1C. The van der Waals surface area contributed by atoms with E-state index < -0.39 is 28.8 Å². The van der Waals surface area contributed by atoms with Crippen LogP contribution in [-0.4, -0.2) is 76.5 Å². The summed E-state index contributed by atoms with van der Waals surface area (Å²) in [5.41, 5.74) is 0.375. The monoisotopic (exact) mass is 672 g/mol. The molecule has 266 valence electrons. The Kier molecular flexibility index (Phi) is 8.34. The highest BCUT2D eigenvalue weighted by Crippen LogP contribution is 2.74. The van der Waals surface area contributed by atoms with Gasteiger partial charge in [-0.2, -0.15) is 0 Å². The molecular formula is C42H56O7. The number of ether oxygens (including phenoxy) is 3. The molecule has 4 aliphatic heterocycles. The molecule has 7 heteroatoms. The quantitative estimate of drug-likeness (QED) is 0.350. The second kappa shape index (κ2) is 12.0. The van der Waals surface area contributed by atoms with Crippen LogP contribution in [0.5, 0.6) is 0 Å². The Bertz CT molecular complexity index is 1560. The average molecular weight is 673 g/mol. The van der Waals surface area contributed by atoms with E-state index in [1.54, 1.807) is 6.92 Å². The maximum atomic E-state index is 14.8. The van der Waals surface area contributed by atoms with Gasteiger partial charge in [0.05, 0.1) is 48.6 Å². The summed E-state index contributed by atoms with van der Waals surface area (Å²) >= 11 is 0. The fourth-order valence-electron chi connectivity index (χ4n) is 12.7. The number of Topliss-reactive ketones (excluding diaryl/α,β-unsaturated/α-hetero) is 1. The Morgan fingerprint density at radius 1 is 1.04 bits per heavy atom. The third-order valence-electron chi connectivity index (χ3n) is 15.6. The summed E-state index contributed by atoms with van der Waals surface area (Å²) in [6, 6.07) is 10.3. The van der Waals surface area contributed by atoms with Gasteiger partial charge in [0.25, 0.3) is 0 Å². The smallest absolute Gasteiger partial charge is 0.162 e. The molecule has 0 aromatic heterocycles. The number of hydrogen-bond acceptors (Lipinski definition) is 7. The first-order valence-corrected chi connectivity index (χ1v) is 19.1. The lowest BCUT2D eigenvalue weighted by Crippen LogP contribution is -2.66. The Morgan fingerprint density at radius 3 is 2.55 bits per heavy atom. The summed E-state index contributed by atoms with van der Waals surface area (Å²) in [7, 11) is 0. The number of carbonyl (C=O) groups is 1. The summed E-state index contributed by atoms with van der Waals surface area (Å²) in [5.74, 6) is 7.15. The zero-order valence-corrected chi connectivity index (χ0v) is 30.0. The molecule has 7 nitrogen and oxygen atoms in total. The van der Waals surface area contributed by atoms with Crippen LogP contribution in [0, 0.1) is 58.2 Å². The van der Waals surface area contributed by atoms with Crippen molar-refractivity contribution in [2.24, 2.45) is 46.3 Å². The first-order valence-electron chi connectivity index (χ1n) is 19.1. The minimum atomic E-state index is -1.48. The molecule has 4 heterocycles. The van der Waals surface area contributed by atoms with E-state index in [-0.39, 0.29) is 72.3 Å². The molecule has 7 bridgehead atoms. The number of rotatable bonds is 5. The van der Waals surface area contributed by atoms with Gasteiger partial charge in [-0.1, -0.05) is 69.9 Å². The normalized spacial score (nSPS) is 47.7. The van der Waals surface area contributed by atoms with E-state index in [1.165, 1.54) is 5.57 Å². The molecule has 15 atom stereocenters. The van der Waals surface area contributed by atoms with E-state index >= 15 is 0 Å². The highest BCUT2D eigenvalue weighted by molar-refractivity contribution is 6.00. The molecule has 10 rings (SSSR count). The molecule has 49 heavy (non-hydrogen) atoms. The molecule has 1 aromatic carbocycles. The van der Waals surface area contributed by atoms with Crippen LogP contribution in [0.3, 0.4) is 0 Å². The van der Waals surface area contributed by atoms with Gasteiger partial charge in [-0.3, -0.25) is 4.79 Å². The third kappa shape index (κ3) is 4.73. The second-order valence-corrected chi connectivity index (χ2v) is 17.6. The minimum Gasteiger partial charge on any atom is -0.394 e. The van der Waals surface area contributed by atoms with E-state index in [2.05, 4.69) is 37.8 Å². The molecule has 1 saturated heterocycles. The van der Waals surface area contributed by atoms with Crippen LogP contribution in [0.2, 0.25) is 0 Å². The van der Waals surface area contributed by atoms with Crippen LogP contribution in [0.1, 0.15) is 97.5 Å². The number of fused-ring (bicyclic) bond motifs is 1. The molecule has 1 spiro atoms. The summed E-state index contributed by atoms with van der Waals surface area (Å²) in [4.78, 5) is 14.8. The fraction of sp³-hybridized carbons (Fsp3) is 0.738. The number of aliphatic hydroxyl groups excluding tert-OH is 2. The number of benzene rings is 1. The van der Waals surface area contributed by atoms with Crippen LogP contribution in [0.15, 0.2) is 41.5 Å². The number of carbonyl (C=O) groups excluding carboxylic acids is 1. The Balaban J connectivity index is 1.24. The average Bonchev–Trinajstić information content (AvgIpc) is 3.54. The molecule has 3 saturated carbocycles. The number of hydrogen-bond donors (Lipinski definition) is 3. The first kappa shape index (κ1) is 34.1. The minimum absolute atomic E-state index is 0.0243. The van der Waals surface area contributed by atoms with Crippen LogP contribution in [0.25, 0.3) is 0 Å². The van der Waals surface area contributed by atoms with Crippen LogP contribution >= 0.6 is 0 Å². The van der Waals surface area contributed by atoms with Crippen molar-refractivity contribution in [3.63, 3.8) is 0 Å². The third-order valence-corrected chi connectivity index (χ3v) is 15.6. The number of ketones is 1.